The summed E-state index contributed by atoms with van der Waals surface area (Å²) in [5, 5.41) is 15.3. The number of nitrogens with one attached hydrogen (secondary N) is 2. The van der Waals surface area contributed by atoms with Gasteiger partial charge in [0.05, 0.1) is 6.10 Å². The van der Waals surface area contributed by atoms with E-state index in [0.717, 1.165) is 31.4 Å². The fourth-order valence-electron chi connectivity index (χ4n) is 2.42. The van der Waals surface area contributed by atoms with Crippen molar-refractivity contribution in [1.82, 2.24) is 10.3 Å². The summed E-state index contributed by atoms with van der Waals surface area (Å²) >= 11 is 0. The molecule has 5 heteroatoms. The van der Waals surface area contributed by atoms with Gasteiger partial charge in [0.1, 0.15) is 5.82 Å². The van der Waals surface area contributed by atoms with Crippen LogP contribution in [0.25, 0.3) is 0 Å². The second-order valence-corrected chi connectivity index (χ2v) is 5.11. The molecular formula is C14H21N3O2. The SMILES string of the molecule is Cc1cccc(NC(=O)NCC2CCCCC2O)n1. The second-order valence-electron chi connectivity index (χ2n) is 5.11. The van der Waals surface area contributed by atoms with E-state index in [2.05, 4.69) is 15.6 Å². The molecule has 0 bridgehead atoms. The molecule has 2 amide bonds. The Morgan fingerprint density at radius 3 is 2.95 bits per heavy atom. The van der Waals surface area contributed by atoms with Crippen molar-refractivity contribution in [2.75, 3.05) is 11.9 Å². The Kier molecular flexibility index (Phi) is 4.74. The number of urea groups is 1. The van der Waals surface area contributed by atoms with Gasteiger partial charge in [-0.2, -0.15) is 0 Å². The van der Waals surface area contributed by atoms with Gasteiger partial charge < -0.3 is 10.4 Å². The van der Waals surface area contributed by atoms with Gasteiger partial charge in [-0.3, -0.25) is 5.32 Å². The number of aryl methyl sites for hydroxylation is 1. The van der Waals surface area contributed by atoms with E-state index in [0.29, 0.717) is 12.4 Å². The summed E-state index contributed by atoms with van der Waals surface area (Å²) in [6.45, 7) is 2.39. The molecule has 5 nitrogen and oxygen atoms in total. The third kappa shape index (κ3) is 4.21. The zero-order chi connectivity index (χ0) is 13.7. The number of amides is 2. The highest BCUT2D eigenvalue weighted by molar-refractivity contribution is 5.88. The first-order valence-electron chi connectivity index (χ1n) is 6.82. The molecule has 2 atom stereocenters. The van der Waals surface area contributed by atoms with Gasteiger partial charge in [-0.15, -0.1) is 0 Å². The third-order valence-electron chi connectivity index (χ3n) is 3.52. The lowest BCUT2D eigenvalue weighted by Crippen LogP contribution is -2.38. The number of pyridine rings is 1. The van der Waals surface area contributed by atoms with E-state index in [1.807, 2.05) is 19.1 Å². The fraction of sp³-hybridized carbons (Fsp3) is 0.571. The Labute approximate surface area is 113 Å². The molecule has 1 aromatic rings. The lowest BCUT2D eigenvalue weighted by molar-refractivity contribution is 0.0711. The molecule has 19 heavy (non-hydrogen) atoms. The standard InChI is InChI=1S/C14H21N3O2/c1-10-5-4-8-13(16-10)17-14(19)15-9-11-6-2-3-7-12(11)18/h4-5,8,11-12,18H,2-3,6-7,9H2,1H3,(H2,15,16,17,19). The van der Waals surface area contributed by atoms with E-state index < -0.39 is 0 Å². The number of carbonyl (C=O) groups is 1. The predicted molar refractivity (Wildman–Crippen MR) is 74.0 cm³/mol. The molecule has 0 aromatic carbocycles. The number of rotatable bonds is 3. The molecule has 1 heterocycles. The average molecular weight is 263 g/mol. The van der Waals surface area contributed by atoms with Gasteiger partial charge >= 0.3 is 6.03 Å². The molecule has 0 aliphatic heterocycles. The zero-order valence-corrected chi connectivity index (χ0v) is 11.2. The summed E-state index contributed by atoms with van der Waals surface area (Å²) in [7, 11) is 0. The lowest BCUT2D eigenvalue weighted by Gasteiger charge is -2.27. The van der Waals surface area contributed by atoms with Crippen molar-refractivity contribution >= 4 is 11.8 Å². The Bertz CT molecular complexity index is 436. The third-order valence-corrected chi connectivity index (χ3v) is 3.52. The van der Waals surface area contributed by atoms with Crippen molar-refractivity contribution in [2.24, 2.45) is 5.92 Å². The van der Waals surface area contributed by atoms with Crippen molar-refractivity contribution in [3.8, 4) is 0 Å². The molecule has 3 N–H and O–H groups in total. The summed E-state index contributed by atoms with van der Waals surface area (Å²) < 4.78 is 0. The van der Waals surface area contributed by atoms with Gasteiger partial charge in [-0.05, 0) is 31.9 Å². The van der Waals surface area contributed by atoms with Gasteiger partial charge in [0.25, 0.3) is 0 Å². The van der Waals surface area contributed by atoms with E-state index in [1.165, 1.54) is 0 Å². The van der Waals surface area contributed by atoms with Crippen molar-refractivity contribution in [3.63, 3.8) is 0 Å². The van der Waals surface area contributed by atoms with Crippen LogP contribution in [-0.4, -0.2) is 28.8 Å². The van der Waals surface area contributed by atoms with Crippen molar-refractivity contribution in [3.05, 3.63) is 23.9 Å². The molecule has 2 rings (SSSR count). The molecule has 1 fully saturated rings. The molecule has 0 radical (unpaired) electrons. The maximum Gasteiger partial charge on any atom is 0.320 e. The quantitative estimate of drug-likeness (QED) is 0.781. The van der Waals surface area contributed by atoms with Crippen LogP contribution in [0.15, 0.2) is 18.2 Å². The number of hydrogen-bond donors (Lipinski definition) is 3. The highest BCUT2D eigenvalue weighted by Gasteiger charge is 2.23. The summed E-state index contributed by atoms with van der Waals surface area (Å²) in [6, 6.07) is 5.21. The van der Waals surface area contributed by atoms with Crippen LogP contribution < -0.4 is 10.6 Å². The van der Waals surface area contributed by atoms with Gasteiger partial charge in [0.2, 0.25) is 0 Å². The molecule has 0 spiro atoms. The smallest absolute Gasteiger partial charge is 0.320 e. The van der Waals surface area contributed by atoms with E-state index >= 15 is 0 Å². The molecule has 2 unspecified atom stereocenters. The molecule has 0 saturated heterocycles. The summed E-state index contributed by atoms with van der Waals surface area (Å²) in [5.74, 6) is 0.715. The molecular weight excluding hydrogens is 242 g/mol. The van der Waals surface area contributed by atoms with Crippen molar-refractivity contribution in [1.29, 1.82) is 0 Å². The first kappa shape index (κ1) is 13.8. The number of hydrogen-bond acceptors (Lipinski definition) is 3. The first-order chi connectivity index (χ1) is 9.15. The van der Waals surface area contributed by atoms with E-state index in [1.54, 1.807) is 6.07 Å². The summed E-state index contributed by atoms with van der Waals surface area (Å²) in [4.78, 5) is 15.9. The summed E-state index contributed by atoms with van der Waals surface area (Å²) in [5.41, 5.74) is 0.862. The maximum absolute atomic E-state index is 11.7. The normalized spacial score (nSPS) is 22.8. The molecule has 104 valence electrons. The largest absolute Gasteiger partial charge is 0.393 e. The van der Waals surface area contributed by atoms with Gasteiger partial charge in [0.15, 0.2) is 0 Å². The minimum absolute atomic E-state index is 0.171. The fourth-order valence-corrected chi connectivity index (χ4v) is 2.42. The minimum atomic E-state index is -0.286. The topological polar surface area (TPSA) is 74.2 Å². The minimum Gasteiger partial charge on any atom is -0.393 e. The van der Waals surface area contributed by atoms with Crippen molar-refractivity contribution in [2.45, 2.75) is 38.7 Å². The zero-order valence-electron chi connectivity index (χ0n) is 11.2. The molecule has 1 aromatic heterocycles. The van der Waals surface area contributed by atoms with Crippen LogP contribution in [0.2, 0.25) is 0 Å². The van der Waals surface area contributed by atoms with Crippen LogP contribution >= 0.6 is 0 Å². The average Bonchev–Trinajstić information content (AvgIpc) is 2.38. The number of aromatic nitrogens is 1. The Balaban J connectivity index is 1.78. The number of anilines is 1. The van der Waals surface area contributed by atoms with Crippen LogP contribution in [-0.2, 0) is 0 Å². The van der Waals surface area contributed by atoms with E-state index in [4.69, 9.17) is 0 Å². The number of nitrogens with zero attached hydrogens (tertiary/aromatic N) is 1. The lowest BCUT2D eigenvalue weighted by atomic mass is 9.86. The number of carbonyl (C=O) groups excluding carboxylic acids is 1. The maximum atomic E-state index is 11.7. The van der Waals surface area contributed by atoms with Crippen LogP contribution in [0, 0.1) is 12.8 Å². The molecule has 1 saturated carbocycles. The van der Waals surface area contributed by atoms with Gasteiger partial charge in [-0.25, -0.2) is 9.78 Å². The Hall–Kier alpha value is -1.62. The highest BCUT2D eigenvalue weighted by Crippen LogP contribution is 2.23. The first-order valence-corrected chi connectivity index (χ1v) is 6.82. The monoisotopic (exact) mass is 263 g/mol. The van der Waals surface area contributed by atoms with Gasteiger partial charge in [-0.1, -0.05) is 18.9 Å². The van der Waals surface area contributed by atoms with E-state index in [9.17, 15) is 9.90 Å². The van der Waals surface area contributed by atoms with Crippen molar-refractivity contribution < 1.29 is 9.90 Å². The van der Waals surface area contributed by atoms with Crippen LogP contribution in [0.1, 0.15) is 31.4 Å². The Morgan fingerprint density at radius 1 is 1.42 bits per heavy atom. The molecule has 1 aliphatic rings. The number of aliphatic hydroxyl groups is 1. The Morgan fingerprint density at radius 2 is 2.21 bits per heavy atom. The van der Waals surface area contributed by atoms with Gasteiger partial charge in [0, 0.05) is 18.2 Å². The summed E-state index contributed by atoms with van der Waals surface area (Å²) in [6.07, 6.45) is 3.74. The van der Waals surface area contributed by atoms with E-state index in [-0.39, 0.29) is 18.1 Å². The van der Waals surface area contributed by atoms with Crippen LogP contribution in [0.4, 0.5) is 10.6 Å². The van der Waals surface area contributed by atoms with Crippen LogP contribution in [0.5, 0.6) is 0 Å². The molecule has 1 aliphatic carbocycles. The highest BCUT2D eigenvalue weighted by atomic mass is 16.3. The predicted octanol–water partition coefficient (Wildman–Crippen LogP) is 2.06. The van der Waals surface area contributed by atoms with Crippen LogP contribution in [0.3, 0.4) is 0 Å². The second kappa shape index (κ2) is 6.52. The number of aliphatic hydroxyl groups excluding tert-OH is 1.